The standard InChI is InChI=1S/C9H9Br2N5O3S/c1-16-14-8(13-15-16)4-19-9-6(10)2-5(3-7(9)11)20(12,17)18/h2-3H,4H2,1H3,(H2,12,17,18). The van der Waals surface area contributed by atoms with Crippen molar-refractivity contribution < 1.29 is 13.2 Å². The van der Waals surface area contributed by atoms with E-state index in [1.807, 2.05) is 0 Å². The molecule has 0 spiro atoms. The Labute approximate surface area is 131 Å². The lowest BCUT2D eigenvalue weighted by molar-refractivity contribution is 0.291. The molecular weight excluding hydrogens is 418 g/mol. The fourth-order valence-electron chi connectivity index (χ4n) is 1.36. The first kappa shape index (κ1) is 15.4. The van der Waals surface area contributed by atoms with Gasteiger partial charge in [0.1, 0.15) is 5.75 Å². The number of aryl methyl sites for hydroxylation is 1. The second-order valence-electron chi connectivity index (χ2n) is 3.74. The second kappa shape index (κ2) is 5.76. The first-order chi connectivity index (χ1) is 9.27. The molecule has 0 atom stereocenters. The van der Waals surface area contributed by atoms with E-state index in [2.05, 4.69) is 47.3 Å². The quantitative estimate of drug-likeness (QED) is 0.778. The normalized spacial score (nSPS) is 11.6. The monoisotopic (exact) mass is 425 g/mol. The SMILES string of the molecule is Cn1nnc(COc2c(Br)cc(S(N)(=O)=O)cc2Br)n1. The Kier molecular flexibility index (Phi) is 4.42. The highest BCUT2D eigenvalue weighted by Crippen LogP contribution is 2.36. The van der Waals surface area contributed by atoms with Gasteiger partial charge in [-0.25, -0.2) is 13.6 Å². The molecule has 2 N–H and O–H groups in total. The summed E-state index contributed by atoms with van der Waals surface area (Å²) in [5.74, 6) is 0.826. The highest BCUT2D eigenvalue weighted by atomic mass is 79.9. The summed E-state index contributed by atoms with van der Waals surface area (Å²) in [6, 6.07) is 2.72. The molecule has 0 aliphatic rings. The van der Waals surface area contributed by atoms with Gasteiger partial charge in [-0.2, -0.15) is 4.80 Å². The van der Waals surface area contributed by atoms with Crippen LogP contribution in [0.5, 0.6) is 5.75 Å². The number of nitrogens with zero attached hydrogens (tertiary/aromatic N) is 4. The molecule has 108 valence electrons. The molecule has 20 heavy (non-hydrogen) atoms. The van der Waals surface area contributed by atoms with Gasteiger partial charge in [-0.15, -0.1) is 10.2 Å². The third-order valence-corrected chi connectivity index (χ3v) is 4.27. The molecule has 0 unspecified atom stereocenters. The molecule has 1 aromatic carbocycles. The van der Waals surface area contributed by atoms with Crippen molar-refractivity contribution in [3.63, 3.8) is 0 Å². The highest BCUT2D eigenvalue weighted by molar-refractivity contribution is 9.11. The number of aromatic nitrogens is 4. The zero-order valence-corrected chi connectivity index (χ0v) is 14.1. The number of tetrazole rings is 1. The lowest BCUT2D eigenvalue weighted by atomic mass is 10.3. The summed E-state index contributed by atoms with van der Waals surface area (Å²) < 4.78 is 29.0. The second-order valence-corrected chi connectivity index (χ2v) is 7.01. The van der Waals surface area contributed by atoms with Crippen molar-refractivity contribution in [3.8, 4) is 5.75 Å². The summed E-state index contributed by atoms with van der Waals surface area (Å²) >= 11 is 6.47. The summed E-state index contributed by atoms with van der Waals surface area (Å²) in [5, 5.41) is 16.5. The first-order valence-electron chi connectivity index (χ1n) is 5.15. The average molecular weight is 427 g/mol. The number of nitrogens with two attached hydrogens (primary N) is 1. The van der Waals surface area contributed by atoms with Crippen LogP contribution >= 0.6 is 31.9 Å². The van der Waals surface area contributed by atoms with E-state index in [1.54, 1.807) is 7.05 Å². The molecular formula is C9H9Br2N5O3S. The topological polar surface area (TPSA) is 113 Å². The molecule has 1 heterocycles. The number of rotatable bonds is 4. The van der Waals surface area contributed by atoms with Crippen LogP contribution in [0.25, 0.3) is 0 Å². The summed E-state index contributed by atoms with van der Waals surface area (Å²) in [5.41, 5.74) is 0. The molecule has 0 fully saturated rings. The zero-order chi connectivity index (χ0) is 14.9. The zero-order valence-electron chi connectivity index (χ0n) is 10.1. The molecule has 0 saturated heterocycles. The Morgan fingerprint density at radius 2 is 1.95 bits per heavy atom. The van der Waals surface area contributed by atoms with Gasteiger partial charge in [0.25, 0.3) is 0 Å². The molecule has 8 nitrogen and oxygen atoms in total. The maximum Gasteiger partial charge on any atom is 0.238 e. The third kappa shape index (κ3) is 3.53. The van der Waals surface area contributed by atoms with Crippen LogP contribution in [0, 0.1) is 0 Å². The van der Waals surface area contributed by atoms with Crippen molar-refractivity contribution in [2.24, 2.45) is 12.2 Å². The smallest absolute Gasteiger partial charge is 0.238 e. The number of primary sulfonamides is 1. The molecule has 0 aliphatic carbocycles. The van der Waals surface area contributed by atoms with Crippen LogP contribution < -0.4 is 9.88 Å². The van der Waals surface area contributed by atoms with Crippen LogP contribution in [0.4, 0.5) is 0 Å². The average Bonchev–Trinajstić information content (AvgIpc) is 2.72. The van der Waals surface area contributed by atoms with Gasteiger partial charge in [-0.1, -0.05) is 0 Å². The minimum atomic E-state index is -3.78. The lowest BCUT2D eigenvalue weighted by Crippen LogP contribution is -2.12. The van der Waals surface area contributed by atoms with Gasteiger partial charge < -0.3 is 4.74 Å². The minimum Gasteiger partial charge on any atom is -0.483 e. The van der Waals surface area contributed by atoms with Crippen LogP contribution in [0.15, 0.2) is 26.0 Å². The van der Waals surface area contributed by atoms with Gasteiger partial charge in [0.15, 0.2) is 6.61 Å². The fraction of sp³-hybridized carbons (Fsp3) is 0.222. The van der Waals surface area contributed by atoms with Crippen molar-refractivity contribution in [3.05, 3.63) is 26.9 Å². The van der Waals surface area contributed by atoms with E-state index in [9.17, 15) is 8.42 Å². The number of ether oxygens (including phenoxy) is 1. The molecule has 0 radical (unpaired) electrons. The number of hydrogen-bond donors (Lipinski definition) is 1. The maximum absolute atomic E-state index is 11.3. The van der Waals surface area contributed by atoms with Crippen LogP contribution in [0.3, 0.4) is 0 Å². The summed E-state index contributed by atoms with van der Waals surface area (Å²) in [7, 11) is -2.14. The van der Waals surface area contributed by atoms with E-state index >= 15 is 0 Å². The van der Waals surface area contributed by atoms with E-state index in [0.717, 1.165) is 0 Å². The van der Waals surface area contributed by atoms with Crippen LogP contribution in [-0.4, -0.2) is 28.6 Å². The van der Waals surface area contributed by atoms with Crippen LogP contribution in [-0.2, 0) is 23.7 Å². The molecule has 0 bridgehead atoms. The Hall–Kier alpha value is -1.04. The van der Waals surface area contributed by atoms with Crippen LogP contribution in [0.1, 0.15) is 5.82 Å². The first-order valence-corrected chi connectivity index (χ1v) is 8.28. The molecule has 0 saturated carbocycles. The predicted octanol–water partition coefficient (Wildman–Crippen LogP) is 0.962. The molecule has 0 amide bonds. The Balaban J connectivity index is 2.25. The molecule has 0 aliphatic heterocycles. The minimum absolute atomic E-state index is 0.0266. The van der Waals surface area contributed by atoms with Crippen molar-refractivity contribution >= 4 is 41.9 Å². The van der Waals surface area contributed by atoms with E-state index in [1.165, 1.54) is 16.9 Å². The number of halogens is 2. The Morgan fingerprint density at radius 3 is 2.40 bits per heavy atom. The highest BCUT2D eigenvalue weighted by Gasteiger charge is 2.16. The molecule has 11 heteroatoms. The molecule has 2 rings (SSSR count). The number of benzene rings is 1. The Bertz CT molecular complexity index is 723. The summed E-state index contributed by atoms with van der Waals surface area (Å²) in [4.78, 5) is 1.29. The van der Waals surface area contributed by atoms with Gasteiger partial charge in [0, 0.05) is 0 Å². The lowest BCUT2D eigenvalue weighted by Gasteiger charge is -2.10. The van der Waals surface area contributed by atoms with Crippen molar-refractivity contribution in [1.29, 1.82) is 0 Å². The van der Waals surface area contributed by atoms with Crippen LogP contribution in [0.2, 0.25) is 0 Å². The van der Waals surface area contributed by atoms with E-state index in [-0.39, 0.29) is 11.5 Å². The van der Waals surface area contributed by atoms with Gasteiger partial charge in [0.05, 0.1) is 20.9 Å². The summed E-state index contributed by atoms with van der Waals surface area (Å²) in [6.45, 7) is 0.0970. The largest absolute Gasteiger partial charge is 0.483 e. The van der Waals surface area contributed by atoms with Gasteiger partial charge in [-0.05, 0) is 49.2 Å². The fourth-order valence-corrected chi connectivity index (χ4v) is 3.64. The van der Waals surface area contributed by atoms with Gasteiger partial charge in [-0.3, -0.25) is 0 Å². The van der Waals surface area contributed by atoms with E-state index < -0.39 is 10.0 Å². The third-order valence-electron chi connectivity index (χ3n) is 2.20. The van der Waals surface area contributed by atoms with E-state index in [0.29, 0.717) is 20.5 Å². The summed E-state index contributed by atoms with van der Waals surface area (Å²) in [6.07, 6.45) is 0. The maximum atomic E-state index is 11.3. The van der Waals surface area contributed by atoms with Crippen molar-refractivity contribution in [2.75, 3.05) is 0 Å². The van der Waals surface area contributed by atoms with Gasteiger partial charge >= 0.3 is 0 Å². The molecule has 2 aromatic rings. The van der Waals surface area contributed by atoms with Crippen molar-refractivity contribution in [1.82, 2.24) is 20.2 Å². The predicted molar refractivity (Wildman–Crippen MR) is 76.3 cm³/mol. The molecule has 1 aromatic heterocycles. The van der Waals surface area contributed by atoms with E-state index in [4.69, 9.17) is 9.88 Å². The number of hydrogen-bond acceptors (Lipinski definition) is 6. The Morgan fingerprint density at radius 1 is 1.35 bits per heavy atom. The van der Waals surface area contributed by atoms with Gasteiger partial charge in [0.2, 0.25) is 15.8 Å². The van der Waals surface area contributed by atoms with Crippen molar-refractivity contribution in [2.45, 2.75) is 11.5 Å². The number of sulfonamides is 1.